The van der Waals surface area contributed by atoms with Gasteiger partial charge in [0.25, 0.3) is 5.88 Å². The molecule has 0 saturated heterocycles. The number of alkyl halides is 2. The molecule has 0 bridgehead atoms. The zero-order valence-electron chi connectivity index (χ0n) is 72.3. The number of aromatic nitrogens is 6. The fourth-order valence-corrected chi connectivity index (χ4v) is 14.5. The van der Waals surface area contributed by atoms with Gasteiger partial charge in [0.2, 0.25) is 53.3 Å². The highest BCUT2D eigenvalue weighted by molar-refractivity contribution is 7.17. The lowest BCUT2D eigenvalue weighted by Gasteiger charge is -2.04. The van der Waals surface area contributed by atoms with Crippen molar-refractivity contribution in [3.8, 4) is 92.1 Å². The molecule has 0 N–H and O–H groups in total. The number of rotatable bonds is 0. The van der Waals surface area contributed by atoms with Crippen LogP contribution in [-0.4, -0.2) is 83.3 Å². The van der Waals surface area contributed by atoms with E-state index in [2.05, 4.69) is 128 Å². The van der Waals surface area contributed by atoms with Crippen molar-refractivity contribution in [3.63, 3.8) is 0 Å². The van der Waals surface area contributed by atoms with E-state index in [9.17, 15) is 17.6 Å². The molecule has 0 amide bonds. The molecule has 0 fully saturated rings. The van der Waals surface area contributed by atoms with Crippen LogP contribution in [0.4, 0.5) is 17.6 Å². The summed E-state index contributed by atoms with van der Waals surface area (Å²) in [6.07, 6.45) is 2.19. The normalized spacial score (nSPS) is 13.1. The largest absolute Gasteiger partial charge is 0.586 e. The fourth-order valence-electron chi connectivity index (χ4n) is 12.6. The fraction of sp³-hybridized carbons (Fsp3) is 0.227. The van der Waals surface area contributed by atoms with Crippen molar-refractivity contribution in [2.75, 3.05) is 47.6 Å². The minimum Gasteiger partial charge on any atom is -0.454 e. The summed E-state index contributed by atoms with van der Waals surface area (Å²) in [7, 11) is 0. The van der Waals surface area contributed by atoms with Gasteiger partial charge >= 0.3 is 6.29 Å². The summed E-state index contributed by atoms with van der Waals surface area (Å²) in [6, 6.07) is 54.7. The van der Waals surface area contributed by atoms with Gasteiger partial charge in [-0.1, -0.05) is 70.8 Å². The van der Waals surface area contributed by atoms with E-state index in [1.807, 2.05) is 145 Å². The number of nitrogens with zero attached hydrogens (tertiary/aromatic N) is 6. The highest BCUT2D eigenvalue weighted by atomic mass is 35.5. The standard InChI is InChI=1S/C9H10N2.C9H10O2.2C8H7ClO2.C8H6F2O2.2C8H7FO2.C8H7NO.2C8H7NS.C8H8O2.C7H7NO2/c1-7-3-4-9-10-5-8(2)11(9)6-7;1-6-3-7(2)9-8(4-6)10-5-11-9;1-5-2-7-8(3-6(5)9)11-4-10-7;1-5-2-6(9)8-7(3-5)10-4-11-8;1-5-2-3-6-7(4-5)12-8(9,10)11-6;1-5-2-7-8(3-6(5)9)11-4-10-7;1-5-2-6(9)8-7(3-5)10-4-11-8;1-6-2-3-7-5-9-10-8(7)4-6;1-6-2-3-8-7(4-6)9-5-10-8;2*1-6-2-3-7-8(4-6)10-5-9-7;1-5-2-3-6-7(8-5)10-4-9-6/h3-6H,1-2H3;3-4H,5H2,1-2H3;2*2-3H,4H2,1H3;2-4H,1H3;2*2-3H,4H2,1H3;3*2-5H,1H3;2-4H,5H2,1H3;2-3H,4H2,1H3. The molecule has 128 heavy (non-hydrogen) atoms. The highest BCUT2D eigenvalue weighted by Crippen LogP contribution is 2.44. The predicted octanol–water partition coefficient (Wildman–Crippen LogP) is 25.0. The lowest BCUT2D eigenvalue weighted by Crippen LogP contribution is -2.25. The van der Waals surface area contributed by atoms with E-state index in [0.29, 0.717) is 71.7 Å². The van der Waals surface area contributed by atoms with Gasteiger partial charge in [-0.25, -0.2) is 28.7 Å². The lowest BCUT2D eigenvalue weighted by atomic mass is 10.1. The number of aryl methyl sites for hydroxylation is 14. The summed E-state index contributed by atoms with van der Waals surface area (Å²) < 4.78 is 140. The number of hydrogen-bond donors (Lipinski definition) is 0. The second-order valence-electron chi connectivity index (χ2n) is 29.7. The Bertz CT molecular complexity index is 6080. The molecule has 6 aromatic heterocycles. The molecule has 8 aliphatic rings. The maximum atomic E-state index is 12.9. The SMILES string of the molecule is Cc1cc(C)c2c(c1)OCO2.Cc1cc(Cl)c2c(c1)OCO2.Cc1cc(F)c2c(c1)OCO2.Cc1cc2c(cc1Cl)OCO2.Cc1cc2c(cc1F)OCO2.Cc1ccc2c(c1)OC(F)(F)O2.Cc1ccc2c(c1)OCO2.Cc1ccc2c(n1)OCO2.Cc1ccc2cnoc2c1.Cc1ccc2ncc(C)n2c1.Cc1ccc2ncsc2c1.Cc1ccc2scnc2c1. The summed E-state index contributed by atoms with van der Waals surface area (Å²) in [4.78, 5) is 16.7. The Balaban J connectivity index is 0.000000119. The van der Waals surface area contributed by atoms with Gasteiger partial charge in [-0.2, -0.15) is 0 Å². The van der Waals surface area contributed by atoms with Crippen LogP contribution in [0.2, 0.25) is 10.0 Å². The first-order chi connectivity index (χ1) is 61.5. The summed E-state index contributed by atoms with van der Waals surface area (Å²) in [5.41, 5.74) is 23.0. The van der Waals surface area contributed by atoms with Crippen molar-refractivity contribution in [2.24, 2.45) is 0 Å². The molecule has 664 valence electrons. The molecule has 8 aliphatic heterocycles. The van der Waals surface area contributed by atoms with Crippen molar-refractivity contribution in [2.45, 2.75) is 103 Å². The number of pyridine rings is 2. The number of ether oxygens (including phenoxy) is 16. The maximum absolute atomic E-state index is 12.9. The number of imidazole rings is 1. The van der Waals surface area contributed by atoms with Crippen LogP contribution in [0.25, 0.3) is 37.0 Å². The summed E-state index contributed by atoms with van der Waals surface area (Å²) in [5.74, 6) is 9.21. The van der Waals surface area contributed by atoms with Gasteiger partial charge in [0.1, 0.15) is 11.5 Å². The Morgan fingerprint density at radius 2 is 0.836 bits per heavy atom. The zero-order chi connectivity index (χ0) is 90.7. The van der Waals surface area contributed by atoms with Crippen molar-refractivity contribution in [1.29, 1.82) is 0 Å². The summed E-state index contributed by atoms with van der Waals surface area (Å²) in [5, 5.41) is 6.07. The van der Waals surface area contributed by atoms with Crippen molar-refractivity contribution in [1.82, 2.24) is 29.5 Å². The number of hydrogen-bond acceptors (Lipinski definition) is 24. The second-order valence-corrected chi connectivity index (χ2v) is 32.3. The maximum Gasteiger partial charge on any atom is 0.586 e. The van der Waals surface area contributed by atoms with Gasteiger partial charge < -0.3 is 84.7 Å². The molecule has 16 aromatic rings. The first-order valence-electron chi connectivity index (χ1n) is 39.9. The molecule has 0 saturated carbocycles. The lowest BCUT2D eigenvalue weighted by molar-refractivity contribution is -0.286. The molecule has 24 rings (SSSR count). The number of thiazole rings is 2. The van der Waals surface area contributed by atoms with E-state index in [1.165, 1.54) is 72.7 Å². The van der Waals surface area contributed by atoms with Crippen LogP contribution in [-0.2, 0) is 0 Å². The predicted molar refractivity (Wildman–Crippen MR) is 483 cm³/mol. The van der Waals surface area contributed by atoms with Gasteiger partial charge in [-0.05, 0) is 285 Å². The van der Waals surface area contributed by atoms with Crippen LogP contribution in [0.3, 0.4) is 0 Å². The molecule has 31 heteroatoms. The van der Waals surface area contributed by atoms with Crippen LogP contribution in [0.15, 0.2) is 210 Å². The van der Waals surface area contributed by atoms with E-state index in [4.69, 9.17) is 94.0 Å². The van der Waals surface area contributed by atoms with Crippen molar-refractivity contribution >= 4 is 82.9 Å². The van der Waals surface area contributed by atoms with Crippen molar-refractivity contribution in [3.05, 3.63) is 305 Å². The van der Waals surface area contributed by atoms with Crippen LogP contribution in [0.5, 0.6) is 92.1 Å². The van der Waals surface area contributed by atoms with Gasteiger partial charge in [0, 0.05) is 46.3 Å². The molecular weight excluding hydrogens is 1730 g/mol. The first-order valence-corrected chi connectivity index (χ1v) is 42.4. The third-order valence-corrected chi connectivity index (χ3v) is 21.3. The van der Waals surface area contributed by atoms with Gasteiger partial charge in [0.15, 0.2) is 91.9 Å². The Morgan fingerprint density at radius 1 is 0.344 bits per heavy atom. The van der Waals surface area contributed by atoms with Gasteiger partial charge in [-0.15, -0.1) is 31.5 Å². The Hall–Kier alpha value is -13.6. The zero-order valence-corrected chi connectivity index (χ0v) is 75.4. The van der Waals surface area contributed by atoms with E-state index in [1.54, 1.807) is 67.0 Å². The highest BCUT2D eigenvalue weighted by Gasteiger charge is 2.43. The third kappa shape index (κ3) is 25.0. The molecule has 0 spiro atoms. The number of halogens is 6. The quantitative estimate of drug-likeness (QED) is 0.128. The van der Waals surface area contributed by atoms with Crippen molar-refractivity contribution < 1.29 is 97.9 Å². The van der Waals surface area contributed by atoms with Crippen LogP contribution in [0, 0.1) is 109 Å². The topological polar surface area (TPSA) is 230 Å². The molecule has 14 heterocycles. The molecule has 0 aliphatic carbocycles. The Kier molecular flexibility index (Phi) is 30.6. The van der Waals surface area contributed by atoms with E-state index >= 15 is 0 Å². The van der Waals surface area contributed by atoms with E-state index in [0.717, 1.165) is 107 Å². The Labute approximate surface area is 753 Å². The second kappa shape index (κ2) is 42.6. The minimum atomic E-state index is -3.50. The average molecular weight is 1820 g/mol. The monoisotopic (exact) mass is 1820 g/mol. The molecule has 0 unspecified atom stereocenters. The van der Waals surface area contributed by atoms with E-state index in [-0.39, 0.29) is 49.3 Å². The molecule has 0 radical (unpaired) electrons. The summed E-state index contributed by atoms with van der Waals surface area (Å²) >= 11 is 15.1. The van der Waals surface area contributed by atoms with Gasteiger partial charge in [-0.3, -0.25) is 0 Å². The minimum absolute atomic E-state index is 0.0885. The third-order valence-electron chi connectivity index (χ3n) is 19.0. The van der Waals surface area contributed by atoms with Crippen LogP contribution < -0.4 is 75.8 Å². The average Bonchev–Trinajstić information content (AvgIpc) is 1.66. The first kappa shape index (κ1) is 92.1. The van der Waals surface area contributed by atoms with Gasteiger partial charge in [0.05, 0.1) is 42.7 Å². The Morgan fingerprint density at radius 3 is 1.55 bits per heavy atom. The smallest absolute Gasteiger partial charge is 0.454 e. The summed E-state index contributed by atoms with van der Waals surface area (Å²) in [6.45, 7) is 29.5. The molecule has 23 nitrogen and oxygen atoms in total. The molecule has 10 aromatic carbocycles. The van der Waals surface area contributed by atoms with E-state index < -0.39 is 6.29 Å². The van der Waals surface area contributed by atoms with Crippen LogP contribution in [0.1, 0.15) is 78.1 Å². The number of fused-ring (bicyclic) bond motifs is 12. The molecule has 0 atom stereocenters. The molecular formula is C97H90Cl2F4N6O17S2. The van der Waals surface area contributed by atoms with Crippen LogP contribution >= 0.6 is 45.9 Å². The number of benzene rings is 10.